The average molecular weight is 230 g/mol. The van der Waals surface area contributed by atoms with E-state index in [-0.39, 0.29) is 18.8 Å². The molecule has 0 saturated heterocycles. The van der Waals surface area contributed by atoms with Crippen LogP contribution in [0.4, 0.5) is 0 Å². The molecule has 90 valence electrons. The molecule has 0 aromatic rings. The molecule has 0 spiro atoms. The van der Waals surface area contributed by atoms with Gasteiger partial charge in [-0.1, -0.05) is 0 Å². The van der Waals surface area contributed by atoms with Crippen LogP contribution in [0, 0.1) is 0 Å². The summed E-state index contributed by atoms with van der Waals surface area (Å²) in [4.78, 5) is 32.8. The molecule has 0 aliphatic heterocycles. The third-order valence-corrected chi connectivity index (χ3v) is 1.46. The van der Waals surface area contributed by atoms with Crippen LogP contribution in [0.1, 0.15) is 20.3 Å². The van der Waals surface area contributed by atoms with E-state index in [0.717, 1.165) is 6.08 Å². The van der Waals surface area contributed by atoms with Crippen LogP contribution in [-0.4, -0.2) is 36.2 Å². The van der Waals surface area contributed by atoms with Crippen LogP contribution in [0.15, 0.2) is 11.6 Å². The van der Waals surface area contributed by atoms with Gasteiger partial charge in [0.15, 0.2) is 0 Å². The first kappa shape index (κ1) is 14.2. The predicted octanol–water partition coefficient (Wildman–Crippen LogP) is 0.514. The number of hydrogen-bond donors (Lipinski definition) is 1. The Bertz CT molecular complexity index is 304. The monoisotopic (exact) mass is 230 g/mol. The molecule has 0 atom stereocenters. The molecule has 0 aromatic carbocycles. The molecule has 0 heterocycles. The fraction of sp³-hybridized carbons (Fsp3) is 0.500. The van der Waals surface area contributed by atoms with Crippen molar-refractivity contribution in [2.75, 3.05) is 13.2 Å². The second-order valence-corrected chi connectivity index (χ2v) is 2.71. The smallest absolute Gasteiger partial charge is 0.334 e. The van der Waals surface area contributed by atoms with Crippen LogP contribution in [-0.2, 0) is 23.9 Å². The molecule has 0 bridgehead atoms. The number of hydrogen-bond acceptors (Lipinski definition) is 5. The highest BCUT2D eigenvalue weighted by Gasteiger charge is 2.16. The molecule has 1 N–H and O–H groups in total. The predicted molar refractivity (Wildman–Crippen MR) is 53.6 cm³/mol. The second kappa shape index (κ2) is 7.44. The Morgan fingerprint density at radius 1 is 1.12 bits per heavy atom. The van der Waals surface area contributed by atoms with E-state index in [1.807, 2.05) is 0 Å². The number of esters is 2. The van der Waals surface area contributed by atoms with Gasteiger partial charge in [0.1, 0.15) is 0 Å². The van der Waals surface area contributed by atoms with Gasteiger partial charge in [0.2, 0.25) is 0 Å². The summed E-state index contributed by atoms with van der Waals surface area (Å²) < 4.78 is 9.17. The van der Waals surface area contributed by atoms with Crippen molar-refractivity contribution in [3.63, 3.8) is 0 Å². The largest absolute Gasteiger partial charge is 0.481 e. The van der Waals surface area contributed by atoms with Gasteiger partial charge in [0.05, 0.1) is 25.2 Å². The molecule has 6 heteroatoms. The standard InChI is InChI=1S/C10H14O6/c1-3-15-9(13)6-7(5-8(11)12)10(14)16-4-2/h6H,3-5H2,1-2H3,(H,11,12). The lowest BCUT2D eigenvalue weighted by molar-refractivity contribution is -0.143. The second-order valence-electron chi connectivity index (χ2n) is 2.71. The molecular weight excluding hydrogens is 216 g/mol. The van der Waals surface area contributed by atoms with Gasteiger partial charge in [0.25, 0.3) is 0 Å². The fourth-order valence-corrected chi connectivity index (χ4v) is 0.895. The first-order chi connectivity index (χ1) is 7.51. The highest BCUT2D eigenvalue weighted by Crippen LogP contribution is 2.05. The lowest BCUT2D eigenvalue weighted by atomic mass is 10.2. The van der Waals surface area contributed by atoms with Crippen molar-refractivity contribution in [1.82, 2.24) is 0 Å². The fourth-order valence-electron chi connectivity index (χ4n) is 0.895. The Morgan fingerprint density at radius 2 is 1.69 bits per heavy atom. The van der Waals surface area contributed by atoms with E-state index in [1.54, 1.807) is 13.8 Å². The minimum Gasteiger partial charge on any atom is -0.481 e. The lowest BCUT2D eigenvalue weighted by Gasteiger charge is -2.04. The maximum atomic E-state index is 11.3. The van der Waals surface area contributed by atoms with Crippen LogP contribution in [0.3, 0.4) is 0 Å². The van der Waals surface area contributed by atoms with Crippen molar-refractivity contribution < 1.29 is 29.0 Å². The van der Waals surface area contributed by atoms with Crippen molar-refractivity contribution in [3.8, 4) is 0 Å². The van der Waals surface area contributed by atoms with Crippen LogP contribution in [0.2, 0.25) is 0 Å². The molecule has 0 aliphatic carbocycles. The number of carboxylic acid groups (broad SMARTS) is 1. The van der Waals surface area contributed by atoms with Gasteiger partial charge < -0.3 is 14.6 Å². The zero-order valence-electron chi connectivity index (χ0n) is 9.19. The molecule has 0 radical (unpaired) electrons. The van der Waals surface area contributed by atoms with Crippen LogP contribution in [0.5, 0.6) is 0 Å². The molecular formula is C10H14O6. The lowest BCUT2D eigenvalue weighted by Crippen LogP contribution is -2.14. The first-order valence-electron chi connectivity index (χ1n) is 4.77. The summed E-state index contributed by atoms with van der Waals surface area (Å²) in [6, 6.07) is 0. The number of carbonyl (C=O) groups excluding carboxylic acids is 2. The third kappa shape index (κ3) is 5.79. The summed E-state index contributed by atoms with van der Waals surface area (Å²) in [7, 11) is 0. The van der Waals surface area contributed by atoms with Crippen LogP contribution < -0.4 is 0 Å². The van der Waals surface area contributed by atoms with E-state index < -0.39 is 24.3 Å². The van der Waals surface area contributed by atoms with Crippen LogP contribution in [0.25, 0.3) is 0 Å². The Kier molecular flexibility index (Phi) is 6.58. The Morgan fingerprint density at radius 3 is 2.12 bits per heavy atom. The van der Waals surface area contributed by atoms with Gasteiger partial charge >= 0.3 is 17.9 Å². The number of carbonyl (C=O) groups is 3. The molecule has 0 unspecified atom stereocenters. The topological polar surface area (TPSA) is 89.9 Å². The quantitative estimate of drug-likeness (QED) is 0.528. The highest BCUT2D eigenvalue weighted by molar-refractivity contribution is 5.99. The summed E-state index contributed by atoms with van der Waals surface area (Å²) in [6.45, 7) is 3.45. The van der Waals surface area contributed by atoms with Gasteiger partial charge in [-0.2, -0.15) is 0 Å². The SMILES string of the molecule is CCOC(=O)C=C(CC(=O)O)C(=O)OCC. The van der Waals surface area contributed by atoms with Crippen molar-refractivity contribution >= 4 is 17.9 Å². The number of rotatable bonds is 6. The minimum atomic E-state index is -1.22. The molecule has 0 aliphatic rings. The van der Waals surface area contributed by atoms with Crippen LogP contribution >= 0.6 is 0 Å². The number of carboxylic acids is 1. The Labute approximate surface area is 92.8 Å². The summed E-state index contributed by atoms with van der Waals surface area (Å²) >= 11 is 0. The Balaban J connectivity index is 4.71. The van der Waals surface area contributed by atoms with Crippen molar-refractivity contribution in [2.45, 2.75) is 20.3 Å². The van der Waals surface area contributed by atoms with E-state index in [9.17, 15) is 14.4 Å². The van der Waals surface area contributed by atoms with Gasteiger partial charge in [-0.3, -0.25) is 4.79 Å². The van der Waals surface area contributed by atoms with E-state index in [1.165, 1.54) is 0 Å². The highest BCUT2D eigenvalue weighted by atomic mass is 16.5. The van der Waals surface area contributed by atoms with E-state index >= 15 is 0 Å². The van der Waals surface area contributed by atoms with E-state index in [4.69, 9.17) is 5.11 Å². The van der Waals surface area contributed by atoms with Gasteiger partial charge in [-0.05, 0) is 13.8 Å². The first-order valence-corrected chi connectivity index (χ1v) is 4.77. The average Bonchev–Trinajstić information content (AvgIpc) is 2.16. The normalized spacial score (nSPS) is 10.8. The van der Waals surface area contributed by atoms with Crippen molar-refractivity contribution in [3.05, 3.63) is 11.6 Å². The number of ether oxygens (including phenoxy) is 2. The van der Waals surface area contributed by atoms with Gasteiger partial charge in [-0.15, -0.1) is 0 Å². The number of aliphatic carboxylic acids is 1. The van der Waals surface area contributed by atoms with E-state index in [0.29, 0.717) is 0 Å². The molecule has 16 heavy (non-hydrogen) atoms. The maximum Gasteiger partial charge on any atom is 0.334 e. The molecule has 0 rings (SSSR count). The zero-order chi connectivity index (χ0) is 12.6. The van der Waals surface area contributed by atoms with Crippen molar-refractivity contribution in [2.24, 2.45) is 0 Å². The molecule has 0 fully saturated rings. The Hall–Kier alpha value is -1.85. The van der Waals surface area contributed by atoms with Gasteiger partial charge in [-0.25, -0.2) is 9.59 Å². The summed E-state index contributed by atoms with van der Waals surface area (Å²) in [5.41, 5.74) is -0.229. The maximum absolute atomic E-state index is 11.3. The summed E-state index contributed by atoms with van der Waals surface area (Å²) in [5.74, 6) is -2.80. The minimum absolute atomic E-state index is 0.110. The molecule has 6 nitrogen and oxygen atoms in total. The molecule has 0 amide bonds. The molecule has 0 saturated carbocycles. The van der Waals surface area contributed by atoms with Gasteiger partial charge in [0, 0.05) is 6.08 Å². The molecule has 0 aromatic heterocycles. The van der Waals surface area contributed by atoms with Crippen molar-refractivity contribution in [1.29, 1.82) is 0 Å². The summed E-state index contributed by atoms with van der Waals surface area (Å²) in [5, 5.41) is 8.54. The zero-order valence-corrected chi connectivity index (χ0v) is 9.19. The third-order valence-electron chi connectivity index (χ3n) is 1.46. The summed E-state index contributed by atoms with van der Waals surface area (Å²) in [6.07, 6.45) is 0.271. The van der Waals surface area contributed by atoms with E-state index in [2.05, 4.69) is 9.47 Å².